The molecule has 2 aromatic rings. The fourth-order valence-corrected chi connectivity index (χ4v) is 2.21. The van der Waals surface area contributed by atoms with Crippen molar-refractivity contribution in [3.63, 3.8) is 0 Å². The summed E-state index contributed by atoms with van der Waals surface area (Å²) in [6.07, 6.45) is 1.72. The second-order valence-electron chi connectivity index (χ2n) is 5.33. The molecule has 1 N–H and O–H groups in total. The molecule has 0 atom stereocenters. The molecule has 110 valence electrons. The van der Waals surface area contributed by atoms with Gasteiger partial charge in [0, 0.05) is 25.8 Å². The summed E-state index contributed by atoms with van der Waals surface area (Å²) < 4.78 is 1.75. The Balaban J connectivity index is 1.67. The van der Waals surface area contributed by atoms with E-state index in [2.05, 4.69) is 20.6 Å². The van der Waals surface area contributed by atoms with E-state index in [-0.39, 0.29) is 5.91 Å². The zero-order valence-electron chi connectivity index (χ0n) is 12.2. The lowest BCUT2D eigenvalue weighted by molar-refractivity contribution is 0.0777. The Labute approximate surface area is 123 Å². The SMILES string of the molecule is Cc1cccc(CN(C)C(=O)c2cn(C3CNC3)nn2)n1. The van der Waals surface area contributed by atoms with Gasteiger partial charge < -0.3 is 10.2 Å². The molecule has 21 heavy (non-hydrogen) atoms. The van der Waals surface area contributed by atoms with Crippen LogP contribution in [0.4, 0.5) is 0 Å². The van der Waals surface area contributed by atoms with Crippen LogP contribution in [-0.4, -0.2) is 50.9 Å². The maximum Gasteiger partial charge on any atom is 0.276 e. The monoisotopic (exact) mass is 286 g/mol. The smallest absolute Gasteiger partial charge is 0.276 e. The Kier molecular flexibility index (Phi) is 3.66. The summed E-state index contributed by atoms with van der Waals surface area (Å²) >= 11 is 0. The topological polar surface area (TPSA) is 75.9 Å². The van der Waals surface area contributed by atoms with Crippen LogP contribution in [0, 0.1) is 6.92 Å². The molecule has 0 bridgehead atoms. The summed E-state index contributed by atoms with van der Waals surface area (Å²) in [5, 5.41) is 11.2. The maximum absolute atomic E-state index is 12.3. The summed E-state index contributed by atoms with van der Waals surface area (Å²) in [6.45, 7) is 4.14. The van der Waals surface area contributed by atoms with Crippen molar-refractivity contribution in [2.24, 2.45) is 0 Å². The third-order valence-corrected chi connectivity index (χ3v) is 3.56. The van der Waals surface area contributed by atoms with Crippen molar-refractivity contribution in [2.75, 3.05) is 20.1 Å². The summed E-state index contributed by atoms with van der Waals surface area (Å²) in [5.41, 5.74) is 2.18. The molecule has 2 aromatic heterocycles. The minimum atomic E-state index is -0.142. The van der Waals surface area contributed by atoms with Gasteiger partial charge in [0.05, 0.1) is 24.5 Å². The molecular formula is C14H18N6O. The minimum absolute atomic E-state index is 0.142. The first-order valence-corrected chi connectivity index (χ1v) is 6.94. The van der Waals surface area contributed by atoms with Crippen LogP contribution >= 0.6 is 0 Å². The van der Waals surface area contributed by atoms with E-state index in [9.17, 15) is 4.79 Å². The van der Waals surface area contributed by atoms with Gasteiger partial charge in [0.2, 0.25) is 0 Å². The van der Waals surface area contributed by atoms with Crippen LogP contribution in [-0.2, 0) is 6.54 Å². The normalized spacial score (nSPS) is 14.8. The van der Waals surface area contributed by atoms with Crippen molar-refractivity contribution >= 4 is 5.91 Å². The van der Waals surface area contributed by atoms with Crippen LogP contribution in [0.5, 0.6) is 0 Å². The van der Waals surface area contributed by atoms with Gasteiger partial charge in [-0.2, -0.15) is 0 Å². The highest BCUT2D eigenvalue weighted by molar-refractivity contribution is 5.91. The third-order valence-electron chi connectivity index (χ3n) is 3.56. The van der Waals surface area contributed by atoms with E-state index in [1.165, 1.54) is 0 Å². The summed E-state index contributed by atoms with van der Waals surface area (Å²) in [5.74, 6) is -0.142. The van der Waals surface area contributed by atoms with Gasteiger partial charge in [-0.05, 0) is 19.1 Å². The molecule has 0 radical (unpaired) electrons. The van der Waals surface area contributed by atoms with E-state index in [0.29, 0.717) is 18.3 Å². The van der Waals surface area contributed by atoms with Crippen molar-refractivity contribution < 1.29 is 4.79 Å². The zero-order valence-corrected chi connectivity index (χ0v) is 12.2. The number of carbonyl (C=O) groups excluding carboxylic acids is 1. The summed E-state index contributed by atoms with van der Waals surface area (Å²) in [4.78, 5) is 18.4. The van der Waals surface area contributed by atoms with Crippen LogP contribution in [0.3, 0.4) is 0 Å². The van der Waals surface area contributed by atoms with Crippen LogP contribution in [0.25, 0.3) is 0 Å². The van der Waals surface area contributed by atoms with Crippen LogP contribution in [0.15, 0.2) is 24.4 Å². The number of hydrogen-bond acceptors (Lipinski definition) is 5. The first kappa shape index (κ1) is 13.7. The van der Waals surface area contributed by atoms with Crippen molar-refractivity contribution in [3.05, 3.63) is 41.5 Å². The van der Waals surface area contributed by atoms with E-state index >= 15 is 0 Å². The van der Waals surface area contributed by atoms with Crippen LogP contribution in [0.1, 0.15) is 27.9 Å². The highest BCUT2D eigenvalue weighted by atomic mass is 16.2. The average molecular weight is 286 g/mol. The van der Waals surface area contributed by atoms with E-state index < -0.39 is 0 Å². The molecule has 1 amide bonds. The fourth-order valence-electron chi connectivity index (χ4n) is 2.21. The molecule has 0 spiro atoms. The quantitative estimate of drug-likeness (QED) is 0.880. The largest absolute Gasteiger partial charge is 0.334 e. The molecule has 7 nitrogen and oxygen atoms in total. The number of nitrogens with one attached hydrogen (secondary N) is 1. The number of amides is 1. The number of hydrogen-bond donors (Lipinski definition) is 1. The van der Waals surface area contributed by atoms with Crippen molar-refractivity contribution in [2.45, 2.75) is 19.5 Å². The zero-order chi connectivity index (χ0) is 14.8. The number of nitrogens with zero attached hydrogens (tertiary/aromatic N) is 5. The number of pyridine rings is 1. The predicted octanol–water partition coefficient (Wildman–Crippen LogP) is 0.398. The molecular weight excluding hydrogens is 268 g/mol. The Morgan fingerprint density at radius 3 is 2.95 bits per heavy atom. The average Bonchev–Trinajstić information content (AvgIpc) is 2.85. The molecule has 3 rings (SSSR count). The maximum atomic E-state index is 12.3. The predicted molar refractivity (Wildman–Crippen MR) is 76.7 cm³/mol. The van der Waals surface area contributed by atoms with Gasteiger partial charge >= 0.3 is 0 Å². The van der Waals surface area contributed by atoms with Gasteiger partial charge in [-0.3, -0.25) is 9.78 Å². The highest BCUT2D eigenvalue weighted by Crippen LogP contribution is 2.11. The summed E-state index contributed by atoms with van der Waals surface area (Å²) in [7, 11) is 1.75. The van der Waals surface area contributed by atoms with E-state index in [0.717, 1.165) is 24.5 Å². The Hall–Kier alpha value is -2.28. The van der Waals surface area contributed by atoms with Gasteiger partial charge in [-0.15, -0.1) is 5.10 Å². The molecule has 3 heterocycles. The Bertz CT molecular complexity index is 648. The molecule has 0 unspecified atom stereocenters. The molecule has 0 aromatic carbocycles. The second kappa shape index (κ2) is 5.61. The standard InChI is InChI=1S/C14H18N6O/c1-10-4-3-5-11(16-10)8-19(2)14(21)13-9-20(18-17-13)12-6-15-7-12/h3-5,9,12,15H,6-8H2,1-2H3. The lowest BCUT2D eigenvalue weighted by Crippen LogP contribution is -2.43. The van der Waals surface area contributed by atoms with E-state index in [1.807, 2.05) is 25.1 Å². The van der Waals surface area contributed by atoms with Crippen molar-refractivity contribution in [1.29, 1.82) is 0 Å². The van der Waals surface area contributed by atoms with Crippen molar-refractivity contribution in [3.8, 4) is 0 Å². The molecule has 1 saturated heterocycles. The molecule has 0 saturated carbocycles. The Morgan fingerprint density at radius 2 is 2.29 bits per heavy atom. The molecule has 1 aliphatic heterocycles. The van der Waals surface area contributed by atoms with E-state index in [1.54, 1.807) is 22.8 Å². The van der Waals surface area contributed by atoms with Gasteiger partial charge in [0.15, 0.2) is 5.69 Å². The molecule has 0 aliphatic carbocycles. The number of rotatable bonds is 4. The molecule has 1 fully saturated rings. The van der Waals surface area contributed by atoms with Crippen LogP contribution in [0.2, 0.25) is 0 Å². The number of carbonyl (C=O) groups is 1. The molecule has 7 heteroatoms. The van der Waals surface area contributed by atoms with Gasteiger partial charge in [0.1, 0.15) is 0 Å². The lowest BCUT2D eigenvalue weighted by atomic mass is 10.2. The van der Waals surface area contributed by atoms with Crippen molar-refractivity contribution in [1.82, 2.24) is 30.2 Å². The number of aryl methyl sites for hydroxylation is 1. The van der Waals surface area contributed by atoms with Gasteiger partial charge in [0.25, 0.3) is 5.91 Å². The van der Waals surface area contributed by atoms with Crippen LogP contribution < -0.4 is 5.32 Å². The van der Waals surface area contributed by atoms with E-state index in [4.69, 9.17) is 0 Å². The summed E-state index contributed by atoms with van der Waals surface area (Å²) in [6, 6.07) is 6.09. The first-order valence-electron chi connectivity index (χ1n) is 6.94. The highest BCUT2D eigenvalue weighted by Gasteiger charge is 2.23. The fraction of sp³-hybridized carbons (Fsp3) is 0.429. The lowest BCUT2D eigenvalue weighted by Gasteiger charge is -2.26. The third kappa shape index (κ3) is 2.92. The van der Waals surface area contributed by atoms with Gasteiger partial charge in [-0.25, -0.2) is 4.68 Å². The Morgan fingerprint density at radius 1 is 1.48 bits per heavy atom. The first-order chi connectivity index (χ1) is 10.1. The minimum Gasteiger partial charge on any atom is -0.334 e. The molecule has 1 aliphatic rings. The van der Waals surface area contributed by atoms with Gasteiger partial charge in [-0.1, -0.05) is 11.3 Å². The second-order valence-corrected chi connectivity index (χ2v) is 5.33. The number of aromatic nitrogens is 4.